The van der Waals surface area contributed by atoms with Gasteiger partial charge in [0.2, 0.25) is 0 Å². The van der Waals surface area contributed by atoms with Crippen LogP contribution in [0.3, 0.4) is 0 Å². The predicted octanol–water partition coefficient (Wildman–Crippen LogP) is 8.40. The molecule has 3 aromatic rings. The molecule has 0 saturated heterocycles. The van der Waals surface area contributed by atoms with E-state index in [0.717, 1.165) is 0 Å². The second-order valence-electron chi connectivity index (χ2n) is 7.31. The number of hydrogen-bond donors (Lipinski definition) is 2. The number of ether oxygens (including phenoxy) is 2. The average Bonchev–Trinajstić information content (AvgIpc) is 3.08. The third kappa shape index (κ3) is 3.16. The molecule has 2 aliphatic heterocycles. The van der Waals surface area contributed by atoms with E-state index in [2.05, 4.69) is 0 Å². The van der Waals surface area contributed by atoms with Crippen LogP contribution in [-0.2, 0) is 10.3 Å². The second-order valence-corrected chi connectivity index (χ2v) is 12.1. The summed E-state index contributed by atoms with van der Waals surface area (Å²) >= 11 is 31.7. The van der Waals surface area contributed by atoms with Crippen LogP contribution in [-0.4, -0.2) is 16.2 Å². The van der Waals surface area contributed by atoms with Crippen molar-refractivity contribution in [3.63, 3.8) is 0 Å². The highest BCUT2D eigenvalue weighted by atomic mass is 127. The molecular formula is C21H7Cl4I3O5. The Bertz CT molecular complexity index is 1390. The van der Waals surface area contributed by atoms with Gasteiger partial charge >= 0.3 is 5.97 Å². The van der Waals surface area contributed by atoms with E-state index in [1.165, 1.54) is 0 Å². The Morgan fingerprint density at radius 2 is 1.39 bits per heavy atom. The zero-order chi connectivity index (χ0) is 24.1. The van der Waals surface area contributed by atoms with Crippen molar-refractivity contribution in [2.45, 2.75) is 12.5 Å². The Morgan fingerprint density at radius 1 is 0.848 bits per heavy atom. The predicted molar refractivity (Wildman–Crippen MR) is 151 cm³/mol. The molecule has 0 radical (unpaired) electrons. The number of phenolic OH excluding ortho intramolecular Hbond substituents is 2. The minimum Gasteiger partial charge on any atom is -0.506 e. The van der Waals surface area contributed by atoms with Crippen molar-refractivity contribution in [1.82, 2.24) is 0 Å². The lowest BCUT2D eigenvalue weighted by atomic mass is 9.77. The maximum absolute atomic E-state index is 13.3. The van der Waals surface area contributed by atoms with Gasteiger partial charge in [0.15, 0.2) is 17.1 Å². The molecule has 5 nitrogen and oxygen atoms in total. The quantitative estimate of drug-likeness (QED) is 0.103. The van der Waals surface area contributed by atoms with Crippen molar-refractivity contribution in [2.24, 2.45) is 0 Å². The van der Waals surface area contributed by atoms with Gasteiger partial charge in [-0.05, 0) is 92.4 Å². The fraction of sp³-hybridized carbons (Fsp3) is 0.0952. The van der Waals surface area contributed by atoms with Gasteiger partial charge in [-0.2, -0.15) is 0 Å². The van der Waals surface area contributed by atoms with E-state index < -0.39 is 11.6 Å². The van der Waals surface area contributed by atoms with Crippen molar-refractivity contribution in [2.75, 3.05) is 0 Å². The topological polar surface area (TPSA) is 76.0 Å². The number of halogens is 7. The summed E-state index contributed by atoms with van der Waals surface area (Å²) in [6, 6.07) is 3.32. The van der Waals surface area contributed by atoms with Crippen LogP contribution in [0, 0.1) is 17.6 Å². The van der Waals surface area contributed by atoms with Gasteiger partial charge in [-0.15, -0.1) is 0 Å². The Balaban J connectivity index is 2.05. The highest BCUT2D eigenvalue weighted by Gasteiger charge is 2.57. The Labute approximate surface area is 248 Å². The maximum atomic E-state index is 13.3. The molecule has 1 atom stereocenters. The summed E-state index contributed by atoms with van der Waals surface area (Å²) in [6.07, 6.45) is 0. The van der Waals surface area contributed by atoms with E-state index in [4.69, 9.17) is 55.9 Å². The Hall–Kier alpha value is -0.120. The molecule has 2 aliphatic rings. The van der Waals surface area contributed by atoms with Crippen molar-refractivity contribution in [3.05, 3.63) is 70.8 Å². The molecule has 33 heavy (non-hydrogen) atoms. The van der Waals surface area contributed by atoms with Gasteiger partial charge < -0.3 is 19.7 Å². The maximum Gasteiger partial charge on any atom is 0.341 e. The molecule has 0 aliphatic carbocycles. The summed E-state index contributed by atoms with van der Waals surface area (Å²) in [6.45, 7) is 1.71. The Morgan fingerprint density at radius 3 is 2.03 bits per heavy atom. The number of phenols is 2. The van der Waals surface area contributed by atoms with Crippen LogP contribution in [0.15, 0.2) is 12.1 Å². The lowest BCUT2D eigenvalue weighted by Gasteiger charge is -2.38. The molecular weight excluding hydrogens is 855 g/mol. The Kier molecular flexibility index (Phi) is 6.11. The van der Waals surface area contributed by atoms with Crippen LogP contribution in [0.4, 0.5) is 0 Å². The fourth-order valence-corrected chi connectivity index (χ4v) is 7.76. The zero-order valence-electron chi connectivity index (χ0n) is 15.9. The van der Waals surface area contributed by atoms with E-state index >= 15 is 0 Å². The molecule has 170 valence electrons. The van der Waals surface area contributed by atoms with E-state index in [1.54, 1.807) is 19.1 Å². The normalized spacial score (nSPS) is 18.0. The standard InChI is InChI=1S/C21H7Cl4I3O5/c1-4-2-5-18(14(27)16(4)29)32-19-6(3-7(26)17(30)15(19)28)21(5)9-8(20(31)33-21)10(22)12(24)13(25)11(9)23/h2-3,29-30H,1H3. The van der Waals surface area contributed by atoms with Crippen molar-refractivity contribution in [1.29, 1.82) is 0 Å². The van der Waals surface area contributed by atoms with Crippen molar-refractivity contribution < 1.29 is 24.5 Å². The van der Waals surface area contributed by atoms with E-state index in [1.807, 2.05) is 67.8 Å². The van der Waals surface area contributed by atoms with Gasteiger partial charge in [0.1, 0.15) is 11.5 Å². The third-order valence-corrected chi connectivity index (χ3v) is 10.2. The summed E-state index contributed by atoms with van der Waals surface area (Å²) in [5.41, 5.74) is -0.0249. The van der Waals surface area contributed by atoms with Crippen LogP contribution in [0.2, 0.25) is 20.1 Å². The molecule has 2 heterocycles. The third-order valence-electron chi connectivity index (χ3n) is 5.57. The number of fused-ring (bicyclic) bond motifs is 6. The van der Waals surface area contributed by atoms with Crippen LogP contribution in [0.5, 0.6) is 23.0 Å². The van der Waals surface area contributed by atoms with Crippen LogP contribution in [0.1, 0.15) is 32.6 Å². The van der Waals surface area contributed by atoms with Gasteiger partial charge in [0.05, 0.1) is 41.9 Å². The van der Waals surface area contributed by atoms with E-state index in [0.29, 0.717) is 27.4 Å². The zero-order valence-corrected chi connectivity index (χ0v) is 25.4. The number of carbonyl (C=O) groups is 1. The second kappa shape index (κ2) is 8.20. The first kappa shape index (κ1) is 24.6. The monoisotopic (exact) mass is 860 g/mol. The summed E-state index contributed by atoms with van der Waals surface area (Å²) in [5, 5.41) is 21.0. The van der Waals surface area contributed by atoms with Gasteiger partial charge in [-0.3, -0.25) is 0 Å². The van der Waals surface area contributed by atoms with Crippen molar-refractivity contribution in [3.8, 4) is 23.0 Å². The van der Waals surface area contributed by atoms with Crippen LogP contribution < -0.4 is 4.74 Å². The summed E-state index contributed by atoms with van der Waals surface area (Å²) in [4.78, 5) is 13.3. The molecule has 0 fully saturated rings. The molecule has 2 N–H and O–H groups in total. The minimum atomic E-state index is -1.61. The van der Waals surface area contributed by atoms with Gasteiger partial charge in [0, 0.05) is 11.1 Å². The fourth-order valence-electron chi connectivity index (χ4n) is 4.08. The first-order valence-corrected chi connectivity index (χ1v) is 13.7. The van der Waals surface area contributed by atoms with E-state index in [9.17, 15) is 15.0 Å². The van der Waals surface area contributed by atoms with Crippen LogP contribution >= 0.6 is 114 Å². The molecule has 0 aromatic heterocycles. The van der Waals surface area contributed by atoms with Gasteiger partial charge in [0.25, 0.3) is 0 Å². The number of aryl methyl sites for hydroxylation is 1. The van der Waals surface area contributed by atoms with Gasteiger partial charge in [-0.25, -0.2) is 4.79 Å². The summed E-state index contributed by atoms with van der Waals surface area (Å²) in [5.74, 6) is -0.221. The average molecular weight is 862 g/mol. The number of hydrogen-bond acceptors (Lipinski definition) is 5. The van der Waals surface area contributed by atoms with Crippen LogP contribution in [0.25, 0.3) is 0 Å². The highest BCUT2D eigenvalue weighted by Crippen LogP contribution is 2.63. The molecule has 1 unspecified atom stereocenters. The number of esters is 1. The summed E-state index contributed by atoms with van der Waals surface area (Å²) in [7, 11) is 0. The lowest BCUT2D eigenvalue weighted by molar-refractivity contribution is 0.0223. The summed E-state index contributed by atoms with van der Waals surface area (Å²) < 4.78 is 13.6. The smallest absolute Gasteiger partial charge is 0.341 e. The van der Waals surface area contributed by atoms with Gasteiger partial charge in [-0.1, -0.05) is 46.4 Å². The number of rotatable bonds is 0. The molecule has 0 amide bonds. The van der Waals surface area contributed by atoms with E-state index in [-0.39, 0.29) is 54.2 Å². The first-order valence-electron chi connectivity index (χ1n) is 8.95. The molecule has 3 aromatic carbocycles. The molecule has 5 rings (SSSR count). The lowest BCUT2D eigenvalue weighted by Crippen LogP contribution is -2.34. The number of carbonyl (C=O) groups excluding carboxylic acids is 1. The molecule has 12 heteroatoms. The highest BCUT2D eigenvalue weighted by molar-refractivity contribution is 14.1. The first-order chi connectivity index (χ1) is 15.4. The largest absolute Gasteiger partial charge is 0.506 e. The number of benzene rings is 3. The van der Waals surface area contributed by atoms with Crippen molar-refractivity contribution >= 4 is 120 Å². The number of aromatic hydroxyl groups is 2. The minimum absolute atomic E-state index is 0.00251. The SMILES string of the molecule is Cc1cc2c(c(I)c1O)Oc1c(cc(I)c(O)c1I)C21OC(=O)c2c(Cl)c(Cl)c(Cl)c(Cl)c21. The molecule has 0 bridgehead atoms. The molecule has 1 spiro atoms. The molecule has 0 saturated carbocycles.